The number of thioether (sulfide) groups is 1. The molecule has 4 rings (SSSR count). The molecule has 29 heavy (non-hydrogen) atoms. The first-order chi connectivity index (χ1) is 14.0. The maximum atomic E-state index is 13.2. The average Bonchev–Trinajstić information content (AvgIpc) is 3.11. The van der Waals surface area contributed by atoms with Crippen LogP contribution in [0.2, 0.25) is 10.0 Å². The number of fused-ring (bicyclic) bond motifs is 1. The quantitative estimate of drug-likeness (QED) is 0.395. The second kappa shape index (κ2) is 8.45. The molecule has 146 valence electrons. The summed E-state index contributed by atoms with van der Waals surface area (Å²) in [5.74, 6) is -0.157. The molecule has 0 spiro atoms. The van der Waals surface area contributed by atoms with Crippen molar-refractivity contribution in [2.45, 2.75) is 17.3 Å². The number of carbonyl (C=O) groups excluding carboxylic acids is 1. The second-order valence-electron chi connectivity index (χ2n) is 6.45. The number of anilines is 1. The molecule has 1 unspecified atom stereocenters. The third kappa shape index (κ3) is 4.40. The molecule has 8 heteroatoms. The Morgan fingerprint density at radius 1 is 1.07 bits per heavy atom. The lowest BCUT2D eigenvalue weighted by molar-refractivity contribution is -0.115. The molecule has 0 bridgehead atoms. The molecule has 0 fully saturated rings. The standard InChI is InChI=1S/C21H16Cl2N4OS/c1-13-7-9-16(10-8-13)24-20(28)18(14-5-3-2-4-6-14)29-21-26-25-19-17(23)11-15(22)12-27(19)21/h2-12,18H,1H3,(H,24,28). The van der Waals surface area contributed by atoms with Crippen molar-refractivity contribution in [3.05, 3.63) is 88.0 Å². The minimum absolute atomic E-state index is 0.157. The second-order valence-corrected chi connectivity index (χ2v) is 8.36. The van der Waals surface area contributed by atoms with Gasteiger partial charge in [-0.3, -0.25) is 9.20 Å². The summed E-state index contributed by atoms with van der Waals surface area (Å²) in [6, 6.07) is 18.8. The zero-order valence-electron chi connectivity index (χ0n) is 15.3. The van der Waals surface area contributed by atoms with E-state index in [0.29, 0.717) is 20.8 Å². The molecule has 2 heterocycles. The normalized spacial score (nSPS) is 12.1. The zero-order valence-corrected chi connectivity index (χ0v) is 17.7. The van der Waals surface area contributed by atoms with Crippen molar-refractivity contribution >= 4 is 52.2 Å². The van der Waals surface area contributed by atoms with Crippen molar-refractivity contribution in [2.75, 3.05) is 5.32 Å². The summed E-state index contributed by atoms with van der Waals surface area (Å²) < 4.78 is 1.70. The first-order valence-electron chi connectivity index (χ1n) is 8.80. The van der Waals surface area contributed by atoms with Gasteiger partial charge < -0.3 is 5.32 Å². The highest BCUT2D eigenvalue weighted by Gasteiger charge is 2.25. The number of carbonyl (C=O) groups is 1. The van der Waals surface area contributed by atoms with Gasteiger partial charge >= 0.3 is 0 Å². The summed E-state index contributed by atoms with van der Waals surface area (Å²) in [4.78, 5) is 13.2. The molecule has 2 aromatic heterocycles. The van der Waals surface area contributed by atoms with Crippen molar-refractivity contribution in [1.82, 2.24) is 14.6 Å². The van der Waals surface area contributed by atoms with E-state index in [2.05, 4.69) is 15.5 Å². The summed E-state index contributed by atoms with van der Waals surface area (Å²) in [5, 5.41) is 12.2. The van der Waals surface area contributed by atoms with Crippen LogP contribution in [0, 0.1) is 6.92 Å². The Morgan fingerprint density at radius 2 is 1.79 bits per heavy atom. The Balaban J connectivity index is 1.68. The first kappa shape index (κ1) is 19.8. The summed E-state index contributed by atoms with van der Waals surface area (Å²) in [7, 11) is 0. The molecular formula is C21H16Cl2N4OS. The minimum atomic E-state index is -0.539. The molecule has 0 radical (unpaired) electrons. The number of amides is 1. The lowest BCUT2D eigenvalue weighted by Gasteiger charge is -2.16. The average molecular weight is 443 g/mol. The molecule has 1 atom stereocenters. The van der Waals surface area contributed by atoms with Gasteiger partial charge in [0.1, 0.15) is 5.25 Å². The maximum Gasteiger partial charge on any atom is 0.242 e. The summed E-state index contributed by atoms with van der Waals surface area (Å²) >= 11 is 13.6. The predicted molar refractivity (Wildman–Crippen MR) is 118 cm³/mol. The molecule has 0 saturated heterocycles. The highest BCUT2D eigenvalue weighted by atomic mass is 35.5. The zero-order chi connectivity index (χ0) is 20.4. The Morgan fingerprint density at radius 3 is 2.52 bits per heavy atom. The van der Waals surface area contributed by atoms with Crippen LogP contribution in [0.3, 0.4) is 0 Å². The number of nitrogens with one attached hydrogen (secondary N) is 1. The van der Waals surface area contributed by atoms with Gasteiger partial charge in [0.25, 0.3) is 0 Å². The van der Waals surface area contributed by atoms with E-state index < -0.39 is 5.25 Å². The van der Waals surface area contributed by atoms with Crippen LogP contribution in [0.25, 0.3) is 5.65 Å². The Labute approximate surface area is 182 Å². The van der Waals surface area contributed by atoms with Gasteiger partial charge in [-0.25, -0.2) is 0 Å². The van der Waals surface area contributed by atoms with Crippen molar-refractivity contribution in [1.29, 1.82) is 0 Å². The van der Waals surface area contributed by atoms with Crippen molar-refractivity contribution in [2.24, 2.45) is 0 Å². The van der Waals surface area contributed by atoms with Crippen LogP contribution >= 0.6 is 35.0 Å². The van der Waals surface area contributed by atoms with Crippen LogP contribution in [0.4, 0.5) is 5.69 Å². The fraction of sp³-hybridized carbons (Fsp3) is 0.0952. The molecule has 0 aliphatic rings. The van der Waals surface area contributed by atoms with Gasteiger partial charge in [-0.15, -0.1) is 10.2 Å². The van der Waals surface area contributed by atoms with E-state index in [-0.39, 0.29) is 5.91 Å². The van der Waals surface area contributed by atoms with Crippen LogP contribution in [-0.2, 0) is 4.79 Å². The van der Waals surface area contributed by atoms with Crippen molar-refractivity contribution in [3.63, 3.8) is 0 Å². The predicted octanol–water partition coefficient (Wildman–Crippen LogP) is 5.82. The van der Waals surface area contributed by atoms with Gasteiger partial charge in [-0.05, 0) is 30.7 Å². The third-order valence-corrected chi connectivity index (χ3v) is 5.97. The van der Waals surface area contributed by atoms with Crippen LogP contribution in [0.1, 0.15) is 16.4 Å². The van der Waals surface area contributed by atoms with Gasteiger partial charge in [0.15, 0.2) is 10.8 Å². The van der Waals surface area contributed by atoms with Crippen molar-refractivity contribution < 1.29 is 4.79 Å². The van der Waals surface area contributed by atoms with Crippen LogP contribution < -0.4 is 5.32 Å². The van der Waals surface area contributed by atoms with Crippen LogP contribution in [0.15, 0.2) is 72.0 Å². The number of benzene rings is 2. The van der Waals surface area contributed by atoms with Gasteiger partial charge in [0.05, 0.1) is 10.0 Å². The lowest BCUT2D eigenvalue weighted by atomic mass is 10.1. The maximum absolute atomic E-state index is 13.2. The van der Waals surface area contributed by atoms with Crippen LogP contribution in [-0.4, -0.2) is 20.5 Å². The first-order valence-corrected chi connectivity index (χ1v) is 10.4. The Bertz CT molecular complexity index is 1160. The Hall–Kier alpha value is -2.54. The SMILES string of the molecule is Cc1ccc(NC(=O)C(Sc2nnc3c(Cl)cc(Cl)cn23)c2ccccc2)cc1. The number of hydrogen-bond acceptors (Lipinski definition) is 4. The number of aryl methyl sites for hydroxylation is 1. The van der Waals surface area contributed by atoms with Gasteiger partial charge in [0, 0.05) is 11.9 Å². The van der Waals surface area contributed by atoms with Crippen molar-refractivity contribution in [3.8, 4) is 0 Å². The summed E-state index contributed by atoms with van der Waals surface area (Å²) in [5.41, 5.74) is 3.20. The Kier molecular flexibility index (Phi) is 5.76. The fourth-order valence-electron chi connectivity index (χ4n) is 2.83. The van der Waals surface area contributed by atoms with E-state index in [1.165, 1.54) is 11.8 Å². The third-order valence-electron chi connectivity index (χ3n) is 4.28. The van der Waals surface area contributed by atoms with E-state index in [4.69, 9.17) is 23.2 Å². The van der Waals surface area contributed by atoms with Crippen LogP contribution in [0.5, 0.6) is 0 Å². The van der Waals surface area contributed by atoms with Gasteiger partial charge in [-0.2, -0.15) is 0 Å². The molecule has 4 aromatic rings. The molecule has 1 N–H and O–H groups in total. The van der Waals surface area contributed by atoms with E-state index in [0.717, 1.165) is 16.8 Å². The number of pyridine rings is 1. The molecule has 5 nitrogen and oxygen atoms in total. The van der Waals surface area contributed by atoms with E-state index in [1.54, 1.807) is 16.7 Å². The molecule has 0 aliphatic heterocycles. The topological polar surface area (TPSA) is 59.3 Å². The van der Waals surface area contributed by atoms with Gasteiger partial charge in [0.2, 0.25) is 5.91 Å². The molecule has 2 aromatic carbocycles. The molecule has 0 saturated carbocycles. The number of aromatic nitrogens is 3. The molecule has 1 amide bonds. The van der Waals surface area contributed by atoms with E-state index in [1.807, 2.05) is 61.5 Å². The van der Waals surface area contributed by atoms with E-state index in [9.17, 15) is 4.79 Å². The van der Waals surface area contributed by atoms with E-state index >= 15 is 0 Å². The monoisotopic (exact) mass is 442 g/mol. The highest BCUT2D eigenvalue weighted by molar-refractivity contribution is 8.00. The molecule has 0 aliphatic carbocycles. The van der Waals surface area contributed by atoms with Gasteiger partial charge in [-0.1, -0.05) is 83.0 Å². The minimum Gasteiger partial charge on any atom is -0.325 e. The number of hydrogen-bond donors (Lipinski definition) is 1. The summed E-state index contributed by atoms with van der Waals surface area (Å²) in [6.07, 6.45) is 1.69. The highest BCUT2D eigenvalue weighted by Crippen LogP contribution is 2.36. The smallest absolute Gasteiger partial charge is 0.242 e. The lowest BCUT2D eigenvalue weighted by Crippen LogP contribution is -2.19. The number of nitrogens with zero attached hydrogens (tertiary/aromatic N) is 3. The summed E-state index contributed by atoms with van der Waals surface area (Å²) in [6.45, 7) is 2.00. The largest absolute Gasteiger partial charge is 0.325 e. The fourth-order valence-corrected chi connectivity index (χ4v) is 4.35. The molecular weight excluding hydrogens is 427 g/mol. The number of rotatable bonds is 5. The number of halogens is 2.